The Labute approximate surface area is 167 Å². The first-order chi connectivity index (χ1) is 13.1. The van der Waals surface area contributed by atoms with Crippen LogP contribution in [0.5, 0.6) is 0 Å². The molecule has 2 saturated heterocycles. The average molecular weight is 400 g/mol. The summed E-state index contributed by atoms with van der Waals surface area (Å²) >= 11 is 3.05. The number of aliphatic imine (C=N–C) groups is 1. The minimum Gasteiger partial charge on any atom is -0.441 e. The van der Waals surface area contributed by atoms with Gasteiger partial charge < -0.3 is 9.32 Å². The number of carbonyl (C=O) groups excluding carboxylic acids is 1. The molecule has 0 aliphatic carbocycles. The zero-order valence-corrected chi connectivity index (χ0v) is 17.0. The summed E-state index contributed by atoms with van der Waals surface area (Å²) in [4.78, 5) is 22.8. The van der Waals surface area contributed by atoms with Crippen molar-refractivity contribution in [1.82, 2.24) is 4.90 Å². The van der Waals surface area contributed by atoms with Crippen molar-refractivity contribution in [3.8, 4) is 0 Å². The monoisotopic (exact) mass is 399 g/mol. The van der Waals surface area contributed by atoms with Crippen LogP contribution in [0.4, 0.5) is 11.6 Å². The number of nitrogens with zero attached hydrogens (tertiary/aromatic N) is 3. The van der Waals surface area contributed by atoms with Gasteiger partial charge in [-0.15, -0.1) is 11.8 Å². The Morgan fingerprint density at radius 1 is 1.22 bits per heavy atom. The molecule has 1 aromatic carbocycles. The van der Waals surface area contributed by atoms with E-state index in [-0.39, 0.29) is 5.91 Å². The minimum atomic E-state index is -0.0566. The van der Waals surface area contributed by atoms with Gasteiger partial charge in [0, 0.05) is 37.2 Å². The van der Waals surface area contributed by atoms with Crippen LogP contribution in [0.2, 0.25) is 0 Å². The van der Waals surface area contributed by atoms with Gasteiger partial charge in [0.25, 0.3) is 5.91 Å². The lowest BCUT2D eigenvalue weighted by Gasteiger charge is -2.12. The Kier molecular flexibility index (Phi) is 5.31. The Hall–Kier alpha value is -2.12. The van der Waals surface area contributed by atoms with Gasteiger partial charge in [-0.25, -0.2) is 4.99 Å². The van der Waals surface area contributed by atoms with Crippen LogP contribution >= 0.6 is 23.5 Å². The van der Waals surface area contributed by atoms with Gasteiger partial charge in [-0.2, -0.15) is 0 Å². The molecular weight excluding hydrogens is 378 g/mol. The summed E-state index contributed by atoms with van der Waals surface area (Å²) in [5, 5.41) is 0.677. The third kappa shape index (κ3) is 3.94. The molecule has 5 nitrogen and oxygen atoms in total. The first-order valence-corrected chi connectivity index (χ1v) is 10.9. The summed E-state index contributed by atoms with van der Waals surface area (Å²) in [5.74, 6) is 1.52. The summed E-state index contributed by atoms with van der Waals surface area (Å²) in [6.45, 7) is 2.07. The molecule has 0 radical (unpaired) electrons. The summed E-state index contributed by atoms with van der Waals surface area (Å²) < 4.78 is 5.92. The number of hydrogen-bond donors (Lipinski definition) is 0. The van der Waals surface area contributed by atoms with Crippen molar-refractivity contribution in [2.75, 3.05) is 31.3 Å². The first kappa shape index (κ1) is 18.3. The third-order valence-corrected chi connectivity index (χ3v) is 6.37. The maximum atomic E-state index is 12.6. The SMILES string of the molecule is CSc1cccc(N=C2S/C(=C/c3ccc(N4CCCC4)o3)C(=O)N2C)c1. The number of rotatable bonds is 4. The Bertz CT molecular complexity index is 913. The van der Waals surface area contributed by atoms with Crippen molar-refractivity contribution in [2.45, 2.75) is 17.7 Å². The van der Waals surface area contributed by atoms with Gasteiger partial charge in [0.05, 0.1) is 10.6 Å². The molecule has 2 fully saturated rings. The molecule has 0 bridgehead atoms. The number of thioether (sulfide) groups is 2. The van der Waals surface area contributed by atoms with Gasteiger partial charge >= 0.3 is 0 Å². The zero-order chi connectivity index (χ0) is 18.8. The lowest BCUT2D eigenvalue weighted by Crippen LogP contribution is -2.23. The summed E-state index contributed by atoms with van der Waals surface area (Å²) in [7, 11) is 1.76. The van der Waals surface area contributed by atoms with Crippen LogP contribution in [0.15, 0.2) is 55.6 Å². The summed E-state index contributed by atoms with van der Waals surface area (Å²) in [5.41, 5.74) is 0.847. The standard InChI is InChI=1S/C20H21N3O2S2/c1-22-19(24)17(13-15-8-9-18(25-15)23-10-3-4-11-23)27-20(22)21-14-6-5-7-16(12-14)26-2/h5-9,12-13H,3-4,10-11H2,1-2H3/b17-13+,21-20?. The fourth-order valence-corrected chi connectivity index (χ4v) is 4.52. The van der Waals surface area contributed by atoms with E-state index in [2.05, 4.69) is 9.89 Å². The van der Waals surface area contributed by atoms with Crippen LogP contribution in [0, 0.1) is 0 Å². The number of likely N-dealkylation sites (N-methyl/N-ethyl adjacent to an activating group) is 1. The summed E-state index contributed by atoms with van der Waals surface area (Å²) in [6, 6.07) is 11.9. The predicted molar refractivity (Wildman–Crippen MR) is 114 cm³/mol. The molecule has 1 aromatic heterocycles. The second kappa shape index (κ2) is 7.86. The first-order valence-electron chi connectivity index (χ1n) is 8.89. The van der Waals surface area contributed by atoms with E-state index in [1.807, 2.05) is 48.7 Å². The third-order valence-electron chi connectivity index (χ3n) is 4.59. The van der Waals surface area contributed by atoms with Crippen molar-refractivity contribution in [3.63, 3.8) is 0 Å². The highest BCUT2D eigenvalue weighted by atomic mass is 32.2. The molecule has 7 heteroatoms. The zero-order valence-electron chi connectivity index (χ0n) is 15.3. The smallest absolute Gasteiger partial charge is 0.266 e. The quantitative estimate of drug-likeness (QED) is 0.544. The molecule has 2 aromatic rings. The lowest BCUT2D eigenvalue weighted by atomic mass is 10.3. The van der Waals surface area contributed by atoms with Gasteiger partial charge in [-0.3, -0.25) is 9.69 Å². The number of amides is 1. The highest BCUT2D eigenvalue weighted by Gasteiger charge is 2.30. The molecule has 0 atom stereocenters. The van der Waals surface area contributed by atoms with E-state index in [4.69, 9.17) is 4.42 Å². The van der Waals surface area contributed by atoms with E-state index in [0.717, 1.165) is 29.6 Å². The molecule has 2 aliphatic heterocycles. The highest BCUT2D eigenvalue weighted by Crippen LogP contribution is 2.34. The number of carbonyl (C=O) groups is 1. The van der Waals surface area contributed by atoms with Gasteiger partial charge in [-0.1, -0.05) is 6.07 Å². The van der Waals surface area contributed by atoms with Gasteiger partial charge in [0.2, 0.25) is 0 Å². The van der Waals surface area contributed by atoms with Crippen molar-refractivity contribution in [2.24, 2.45) is 4.99 Å². The molecule has 27 heavy (non-hydrogen) atoms. The maximum Gasteiger partial charge on any atom is 0.266 e. The van der Waals surface area contributed by atoms with Crippen LogP contribution in [0.25, 0.3) is 6.08 Å². The Morgan fingerprint density at radius 2 is 2.04 bits per heavy atom. The van der Waals surface area contributed by atoms with Crippen molar-refractivity contribution >= 4 is 52.2 Å². The fraction of sp³-hybridized carbons (Fsp3) is 0.300. The average Bonchev–Trinajstić information content (AvgIpc) is 3.41. The minimum absolute atomic E-state index is 0.0566. The van der Waals surface area contributed by atoms with E-state index >= 15 is 0 Å². The second-order valence-corrected chi connectivity index (χ2v) is 8.33. The van der Waals surface area contributed by atoms with Gasteiger partial charge in [0.15, 0.2) is 11.1 Å². The molecule has 2 aliphatic rings. The normalized spacial score (nSPS) is 20.4. The summed E-state index contributed by atoms with van der Waals surface area (Å²) in [6.07, 6.45) is 6.25. The van der Waals surface area contributed by atoms with Crippen LogP contribution in [0.3, 0.4) is 0 Å². The molecule has 0 spiro atoms. The van der Waals surface area contributed by atoms with Crippen molar-refractivity contribution in [1.29, 1.82) is 0 Å². The Balaban J connectivity index is 1.55. The van der Waals surface area contributed by atoms with Gasteiger partial charge in [-0.05, 0) is 55.1 Å². The number of hydrogen-bond acceptors (Lipinski definition) is 6. The van der Waals surface area contributed by atoms with E-state index in [9.17, 15) is 4.79 Å². The topological polar surface area (TPSA) is 49.1 Å². The van der Waals surface area contributed by atoms with Gasteiger partial charge in [0.1, 0.15) is 5.76 Å². The largest absolute Gasteiger partial charge is 0.441 e. The molecule has 4 rings (SSSR count). The number of amidine groups is 1. The molecular formula is C20H21N3O2S2. The van der Waals surface area contributed by atoms with E-state index in [0.29, 0.717) is 15.8 Å². The number of furan rings is 1. The molecule has 0 unspecified atom stereocenters. The predicted octanol–water partition coefficient (Wildman–Crippen LogP) is 4.84. The highest BCUT2D eigenvalue weighted by molar-refractivity contribution is 8.18. The molecule has 140 valence electrons. The van der Waals surface area contributed by atoms with E-state index in [1.54, 1.807) is 23.7 Å². The lowest BCUT2D eigenvalue weighted by molar-refractivity contribution is -0.121. The molecule has 0 saturated carbocycles. The fourth-order valence-electron chi connectivity index (χ4n) is 3.10. The van der Waals surface area contributed by atoms with Crippen LogP contribution in [0.1, 0.15) is 18.6 Å². The number of anilines is 1. The maximum absolute atomic E-state index is 12.6. The van der Waals surface area contributed by atoms with Crippen LogP contribution < -0.4 is 4.90 Å². The van der Waals surface area contributed by atoms with E-state index in [1.165, 1.54) is 24.6 Å². The molecule has 0 N–H and O–H groups in total. The van der Waals surface area contributed by atoms with Crippen LogP contribution in [-0.4, -0.2) is 42.4 Å². The van der Waals surface area contributed by atoms with Crippen molar-refractivity contribution < 1.29 is 9.21 Å². The van der Waals surface area contributed by atoms with Crippen molar-refractivity contribution in [3.05, 3.63) is 47.1 Å². The van der Waals surface area contributed by atoms with Crippen LogP contribution in [-0.2, 0) is 4.79 Å². The Morgan fingerprint density at radius 3 is 2.81 bits per heavy atom. The second-order valence-electron chi connectivity index (χ2n) is 6.44. The molecule has 3 heterocycles. The number of benzene rings is 1. The molecule has 1 amide bonds. The van der Waals surface area contributed by atoms with E-state index < -0.39 is 0 Å².